The lowest BCUT2D eigenvalue weighted by molar-refractivity contribution is -0.384. The van der Waals surface area contributed by atoms with Gasteiger partial charge in [0.25, 0.3) is 5.69 Å². The highest BCUT2D eigenvalue weighted by molar-refractivity contribution is 5.61. The quantitative estimate of drug-likeness (QED) is 0.648. The van der Waals surface area contributed by atoms with Gasteiger partial charge in [-0.05, 0) is 26.0 Å². The number of nitro benzene ring substituents is 1. The Hall–Kier alpha value is -2.88. The van der Waals surface area contributed by atoms with E-state index in [1.54, 1.807) is 6.07 Å². The predicted molar refractivity (Wildman–Crippen MR) is 77.9 cm³/mol. The summed E-state index contributed by atoms with van der Waals surface area (Å²) in [6.45, 7) is 3.89. The lowest BCUT2D eigenvalue weighted by Gasteiger charge is -2.15. The van der Waals surface area contributed by atoms with Gasteiger partial charge in [-0.25, -0.2) is 0 Å². The van der Waals surface area contributed by atoms with Crippen molar-refractivity contribution >= 4 is 11.4 Å². The van der Waals surface area contributed by atoms with Crippen LogP contribution >= 0.6 is 0 Å². The number of aromatic amines is 1. The number of nitrogens with zero attached hydrogens (tertiary/aromatic N) is 3. The second-order valence-corrected chi connectivity index (χ2v) is 4.89. The molecule has 0 saturated heterocycles. The van der Waals surface area contributed by atoms with Gasteiger partial charge in [-0.1, -0.05) is 0 Å². The van der Waals surface area contributed by atoms with Crippen molar-refractivity contribution in [2.45, 2.75) is 26.3 Å². The molecule has 0 aliphatic carbocycles. The summed E-state index contributed by atoms with van der Waals surface area (Å²) in [5.74, 6) is 0. The lowest BCUT2D eigenvalue weighted by Crippen LogP contribution is -2.19. The summed E-state index contributed by atoms with van der Waals surface area (Å²) in [5.41, 5.74) is 2.67. The highest BCUT2D eigenvalue weighted by Crippen LogP contribution is 2.22. The maximum atomic E-state index is 10.7. The summed E-state index contributed by atoms with van der Waals surface area (Å²) in [6.07, 6.45) is 0.687. The molecule has 1 atom stereocenters. The zero-order valence-electron chi connectivity index (χ0n) is 11.8. The smallest absolute Gasteiger partial charge is 0.270 e. The third-order valence-electron chi connectivity index (χ3n) is 3.01. The van der Waals surface area contributed by atoms with Crippen molar-refractivity contribution in [2.24, 2.45) is 0 Å². The average Bonchev–Trinajstić information content (AvgIpc) is 2.84. The fourth-order valence-electron chi connectivity index (χ4n) is 2.07. The van der Waals surface area contributed by atoms with E-state index in [2.05, 4.69) is 15.5 Å². The Balaban J connectivity index is 2.11. The van der Waals surface area contributed by atoms with Crippen LogP contribution in [0.1, 0.15) is 23.9 Å². The number of nitro groups is 1. The van der Waals surface area contributed by atoms with E-state index in [4.69, 9.17) is 5.26 Å². The largest absolute Gasteiger partial charge is 0.381 e. The Kier molecular flexibility index (Phi) is 4.18. The van der Waals surface area contributed by atoms with E-state index in [-0.39, 0.29) is 17.3 Å². The standard InChI is InChI=1S/C14H15N5O2/c1-9(5-12-6-10(2)17-18-12)16-14-4-3-13(19(20)21)7-11(14)8-15/h3-4,6-7,9,16H,5H2,1-2H3,(H,17,18)/t9-/m0/s1. The number of benzene rings is 1. The van der Waals surface area contributed by atoms with E-state index >= 15 is 0 Å². The van der Waals surface area contributed by atoms with Crippen LogP contribution < -0.4 is 5.32 Å². The number of H-pyrrole nitrogens is 1. The van der Waals surface area contributed by atoms with Gasteiger partial charge in [0.05, 0.1) is 21.9 Å². The van der Waals surface area contributed by atoms with Crippen LogP contribution in [0.5, 0.6) is 0 Å². The Labute approximate surface area is 121 Å². The second kappa shape index (κ2) is 6.05. The molecule has 0 aliphatic heterocycles. The molecule has 0 aliphatic rings. The molecule has 0 saturated carbocycles. The minimum atomic E-state index is -0.513. The first kappa shape index (κ1) is 14.5. The lowest BCUT2D eigenvalue weighted by atomic mass is 10.1. The van der Waals surface area contributed by atoms with Crippen LogP contribution in [0, 0.1) is 28.4 Å². The first-order valence-electron chi connectivity index (χ1n) is 6.45. The minimum absolute atomic E-state index is 0.0428. The number of nitrogens with one attached hydrogen (secondary N) is 2. The molecule has 1 aromatic carbocycles. The molecule has 2 rings (SSSR count). The molecule has 2 aromatic rings. The van der Waals surface area contributed by atoms with E-state index in [1.165, 1.54) is 12.1 Å². The van der Waals surface area contributed by atoms with Crippen LogP contribution in [-0.2, 0) is 6.42 Å². The second-order valence-electron chi connectivity index (χ2n) is 4.89. The van der Waals surface area contributed by atoms with Crippen LogP contribution in [0.4, 0.5) is 11.4 Å². The first-order chi connectivity index (χ1) is 9.99. The fraction of sp³-hybridized carbons (Fsp3) is 0.286. The molecule has 0 unspecified atom stereocenters. The molecule has 2 N–H and O–H groups in total. The number of aryl methyl sites for hydroxylation is 1. The highest BCUT2D eigenvalue weighted by atomic mass is 16.6. The average molecular weight is 285 g/mol. The molecule has 108 valence electrons. The molecule has 7 nitrogen and oxygen atoms in total. The molecule has 0 bridgehead atoms. The van der Waals surface area contributed by atoms with Crippen molar-refractivity contribution < 1.29 is 4.92 Å². The number of aromatic nitrogens is 2. The van der Waals surface area contributed by atoms with E-state index in [1.807, 2.05) is 26.0 Å². The summed E-state index contributed by atoms with van der Waals surface area (Å²) in [4.78, 5) is 10.2. The molecule has 0 fully saturated rings. The fourth-order valence-corrected chi connectivity index (χ4v) is 2.07. The zero-order valence-corrected chi connectivity index (χ0v) is 11.8. The van der Waals surface area contributed by atoms with Crippen LogP contribution in [0.2, 0.25) is 0 Å². The third-order valence-corrected chi connectivity index (χ3v) is 3.01. The molecule has 0 amide bonds. The molecule has 1 heterocycles. The van der Waals surface area contributed by atoms with Gasteiger partial charge in [0.2, 0.25) is 0 Å². The van der Waals surface area contributed by atoms with Crippen molar-refractivity contribution in [3.63, 3.8) is 0 Å². The monoisotopic (exact) mass is 285 g/mol. The molecule has 0 spiro atoms. The molecule has 1 aromatic heterocycles. The van der Waals surface area contributed by atoms with Gasteiger partial charge in [0.15, 0.2) is 0 Å². The minimum Gasteiger partial charge on any atom is -0.381 e. The van der Waals surface area contributed by atoms with Crippen molar-refractivity contribution in [1.29, 1.82) is 5.26 Å². The summed E-state index contributed by atoms with van der Waals surface area (Å²) >= 11 is 0. The SMILES string of the molecule is Cc1cc(C[C@H](C)Nc2ccc([N+](=O)[O-])cc2C#N)n[nH]1. The zero-order chi connectivity index (χ0) is 15.4. The summed E-state index contributed by atoms with van der Waals surface area (Å²) in [5, 5.41) is 30.0. The predicted octanol–water partition coefficient (Wildman–Crippen LogP) is 2.54. The molecule has 0 radical (unpaired) electrons. The van der Waals surface area contributed by atoms with Gasteiger partial charge in [-0.2, -0.15) is 10.4 Å². The Bertz CT molecular complexity index is 702. The van der Waals surface area contributed by atoms with Gasteiger partial charge in [-0.15, -0.1) is 0 Å². The van der Waals surface area contributed by atoms with E-state index in [0.29, 0.717) is 12.1 Å². The van der Waals surface area contributed by atoms with E-state index < -0.39 is 4.92 Å². The number of hydrogen-bond donors (Lipinski definition) is 2. The van der Waals surface area contributed by atoms with Crippen molar-refractivity contribution in [3.05, 3.63) is 51.3 Å². The number of anilines is 1. The van der Waals surface area contributed by atoms with Gasteiger partial charge in [-0.3, -0.25) is 15.2 Å². The van der Waals surface area contributed by atoms with Gasteiger partial charge in [0.1, 0.15) is 6.07 Å². The van der Waals surface area contributed by atoms with Crippen LogP contribution in [-0.4, -0.2) is 21.2 Å². The van der Waals surface area contributed by atoms with Crippen molar-refractivity contribution in [2.75, 3.05) is 5.32 Å². The van der Waals surface area contributed by atoms with Gasteiger partial charge in [0, 0.05) is 30.3 Å². The first-order valence-corrected chi connectivity index (χ1v) is 6.45. The Morgan fingerprint density at radius 3 is 2.86 bits per heavy atom. The number of hydrogen-bond acceptors (Lipinski definition) is 5. The number of non-ortho nitro benzene ring substituents is 1. The summed E-state index contributed by atoms with van der Waals surface area (Å²) in [7, 11) is 0. The molecular formula is C14H15N5O2. The van der Waals surface area contributed by atoms with Gasteiger partial charge >= 0.3 is 0 Å². The van der Waals surface area contributed by atoms with Crippen molar-refractivity contribution in [3.8, 4) is 6.07 Å². The van der Waals surface area contributed by atoms with Crippen molar-refractivity contribution in [1.82, 2.24) is 10.2 Å². The van der Waals surface area contributed by atoms with Crippen LogP contribution in [0.15, 0.2) is 24.3 Å². The number of rotatable bonds is 5. The normalized spacial score (nSPS) is 11.7. The summed E-state index contributed by atoms with van der Waals surface area (Å²) in [6, 6.07) is 8.19. The van der Waals surface area contributed by atoms with Gasteiger partial charge < -0.3 is 5.32 Å². The topological polar surface area (TPSA) is 108 Å². The number of nitriles is 1. The molecule has 21 heavy (non-hydrogen) atoms. The maximum Gasteiger partial charge on any atom is 0.270 e. The maximum absolute atomic E-state index is 10.7. The Morgan fingerprint density at radius 1 is 1.52 bits per heavy atom. The third kappa shape index (κ3) is 3.57. The van der Waals surface area contributed by atoms with E-state index in [9.17, 15) is 10.1 Å². The van der Waals surface area contributed by atoms with Crippen LogP contribution in [0.3, 0.4) is 0 Å². The summed E-state index contributed by atoms with van der Waals surface area (Å²) < 4.78 is 0. The molecule has 7 heteroatoms. The Morgan fingerprint density at radius 2 is 2.29 bits per heavy atom. The van der Waals surface area contributed by atoms with Crippen LogP contribution in [0.25, 0.3) is 0 Å². The highest BCUT2D eigenvalue weighted by Gasteiger charge is 2.13. The molecular weight excluding hydrogens is 270 g/mol. The van der Waals surface area contributed by atoms with E-state index in [0.717, 1.165) is 11.4 Å².